The monoisotopic (exact) mass is 448 g/mol. The second-order valence-corrected chi connectivity index (χ2v) is 8.36. The van der Waals surface area contributed by atoms with Crippen LogP contribution in [0.5, 0.6) is 6.01 Å². The molecule has 0 bridgehead atoms. The minimum Gasteiger partial charge on any atom is -0.460 e. The van der Waals surface area contributed by atoms with Crippen molar-refractivity contribution in [2.45, 2.75) is 46.0 Å². The molecular weight excluding hydrogens is 416 g/mol. The topological polar surface area (TPSA) is 78.3 Å². The summed E-state index contributed by atoms with van der Waals surface area (Å²) in [6.07, 6.45) is 5.47. The minimum atomic E-state index is 0.119. The molecule has 7 nitrogen and oxygen atoms in total. The van der Waals surface area contributed by atoms with Crippen molar-refractivity contribution < 1.29 is 14.3 Å². The van der Waals surface area contributed by atoms with Crippen molar-refractivity contribution in [3.63, 3.8) is 0 Å². The Morgan fingerprint density at radius 3 is 2.55 bits per heavy atom. The number of anilines is 1. The number of amides is 1. The van der Waals surface area contributed by atoms with Gasteiger partial charge < -0.3 is 14.8 Å². The normalized spacial score (nSPS) is 14.2. The quantitative estimate of drug-likeness (QED) is 0.457. The van der Waals surface area contributed by atoms with Crippen LogP contribution in [0.15, 0.2) is 48.5 Å². The van der Waals surface area contributed by atoms with E-state index in [-0.39, 0.29) is 11.8 Å². The molecule has 2 aromatic carbocycles. The first-order chi connectivity index (χ1) is 16.2. The van der Waals surface area contributed by atoms with Crippen LogP contribution in [0.25, 0.3) is 17.1 Å². The second kappa shape index (κ2) is 11.1. The highest BCUT2D eigenvalue weighted by Crippen LogP contribution is 2.28. The first-order valence-electron chi connectivity index (χ1n) is 11.8. The van der Waals surface area contributed by atoms with Crippen LogP contribution < -0.4 is 10.1 Å². The van der Waals surface area contributed by atoms with Crippen molar-refractivity contribution >= 4 is 11.6 Å². The smallest absolute Gasteiger partial charge is 0.336 e. The molecule has 174 valence electrons. The maximum atomic E-state index is 12.6. The summed E-state index contributed by atoms with van der Waals surface area (Å²) < 4.78 is 12.9. The SMILES string of the molecule is CCOCCOc1nc(-c2ccccc2C)n(-c2ccc(NC(=O)C3CCCCC3)cc2)n1. The number of nitrogens with zero attached hydrogens (tertiary/aromatic N) is 3. The molecule has 1 aliphatic rings. The fourth-order valence-electron chi connectivity index (χ4n) is 4.16. The number of carbonyl (C=O) groups excluding carboxylic acids is 1. The molecule has 1 amide bonds. The maximum Gasteiger partial charge on any atom is 0.336 e. The molecule has 1 saturated carbocycles. The van der Waals surface area contributed by atoms with Gasteiger partial charge in [-0.15, -0.1) is 5.10 Å². The summed E-state index contributed by atoms with van der Waals surface area (Å²) in [5.41, 5.74) is 3.72. The minimum absolute atomic E-state index is 0.119. The summed E-state index contributed by atoms with van der Waals surface area (Å²) in [6, 6.07) is 16.1. The van der Waals surface area contributed by atoms with Crippen molar-refractivity contribution in [3.05, 3.63) is 54.1 Å². The van der Waals surface area contributed by atoms with Gasteiger partial charge in [-0.2, -0.15) is 4.98 Å². The van der Waals surface area contributed by atoms with Crippen LogP contribution in [0.1, 0.15) is 44.6 Å². The fourth-order valence-corrected chi connectivity index (χ4v) is 4.16. The van der Waals surface area contributed by atoms with Gasteiger partial charge in [0, 0.05) is 23.8 Å². The number of nitrogens with one attached hydrogen (secondary N) is 1. The molecule has 0 radical (unpaired) electrons. The van der Waals surface area contributed by atoms with Crippen molar-refractivity contribution in [2.24, 2.45) is 5.92 Å². The molecule has 1 aliphatic carbocycles. The predicted octanol–water partition coefficient (Wildman–Crippen LogP) is 5.18. The summed E-state index contributed by atoms with van der Waals surface area (Å²) >= 11 is 0. The molecule has 0 spiro atoms. The molecule has 0 unspecified atom stereocenters. The van der Waals surface area contributed by atoms with Crippen LogP contribution in [-0.4, -0.2) is 40.5 Å². The lowest BCUT2D eigenvalue weighted by atomic mass is 9.88. The maximum absolute atomic E-state index is 12.6. The van der Waals surface area contributed by atoms with Crippen LogP contribution in [0.3, 0.4) is 0 Å². The number of hydrogen-bond donors (Lipinski definition) is 1. The van der Waals surface area contributed by atoms with Gasteiger partial charge in [-0.1, -0.05) is 43.5 Å². The highest BCUT2D eigenvalue weighted by atomic mass is 16.5. The Kier molecular flexibility index (Phi) is 7.73. The van der Waals surface area contributed by atoms with E-state index in [2.05, 4.69) is 15.4 Å². The molecule has 3 aromatic rings. The van der Waals surface area contributed by atoms with Gasteiger partial charge >= 0.3 is 6.01 Å². The largest absolute Gasteiger partial charge is 0.460 e. The Morgan fingerprint density at radius 2 is 1.82 bits per heavy atom. The Labute approximate surface area is 195 Å². The molecule has 1 heterocycles. The molecule has 33 heavy (non-hydrogen) atoms. The zero-order chi connectivity index (χ0) is 23.0. The van der Waals surface area contributed by atoms with Crippen LogP contribution >= 0.6 is 0 Å². The number of aryl methyl sites for hydroxylation is 1. The number of carbonyl (C=O) groups is 1. The Hall–Kier alpha value is -3.19. The van der Waals surface area contributed by atoms with Crippen molar-refractivity contribution in [1.82, 2.24) is 14.8 Å². The summed E-state index contributed by atoms with van der Waals surface area (Å²) in [7, 11) is 0. The van der Waals surface area contributed by atoms with Gasteiger partial charge in [0.25, 0.3) is 0 Å². The molecule has 0 aliphatic heterocycles. The summed E-state index contributed by atoms with van der Waals surface area (Å²) in [5, 5.41) is 7.67. The van der Waals surface area contributed by atoms with E-state index in [0.717, 1.165) is 48.2 Å². The number of benzene rings is 2. The first kappa shape index (κ1) is 23.0. The molecular formula is C26H32N4O3. The lowest BCUT2D eigenvalue weighted by Gasteiger charge is -2.20. The van der Waals surface area contributed by atoms with Crippen LogP contribution in [0.2, 0.25) is 0 Å². The summed E-state index contributed by atoms with van der Waals surface area (Å²) in [6.45, 7) is 5.51. The van der Waals surface area contributed by atoms with E-state index in [1.807, 2.05) is 62.4 Å². The van der Waals surface area contributed by atoms with Crippen LogP contribution in [0.4, 0.5) is 5.69 Å². The summed E-state index contributed by atoms with van der Waals surface area (Å²) in [4.78, 5) is 17.2. The van der Waals surface area contributed by atoms with Crippen LogP contribution in [0, 0.1) is 12.8 Å². The standard InChI is InChI=1S/C26H32N4O3/c1-3-32-17-18-33-26-28-24(23-12-8-7-9-19(23)2)30(29-26)22-15-13-21(14-16-22)27-25(31)20-10-5-4-6-11-20/h7-9,12-16,20H,3-6,10-11,17-18H2,1-2H3,(H,27,31). The van der Waals surface area contributed by atoms with Gasteiger partial charge in [0.2, 0.25) is 5.91 Å². The zero-order valence-electron chi connectivity index (χ0n) is 19.4. The van der Waals surface area contributed by atoms with Gasteiger partial charge in [0.1, 0.15) is 6.61 Å². The lowest BCUT2D eigenvalue weighted by molar-refractivity contribution is -0.120. The molecule has 7 heteroatoms. The van der Waals surface area contributed by atoms with Gasteiger partial charge in [0.05, 0.1) is 12.3 Å². The van der Waals surface area contributed by atoms with E-state index in [4.69, 9.17) is 9.47 Å². The third-order valence-electron chi connectivity index (χ3n) is 5.99. The van der Waals surface area contributed by atoms with Crippen molar-refractivity contribution in [3.8, 4) is 23.1 Å². The summed E-state index contributed by atoms with van der Waals surface area (Å²) in [5.74, 6) is 0.949. The second-order valence-electron chi connectivity index (χ2n) is 8.36. The Morgan fingerprint density at radius 1 is 1.06 bits per heavy atom. The number of rotatable bonds is 9. The van der Waals surface area contributed by atoms with Crippen molar-refractivity contribution in [2.75, 3.05) is 25.1 Å². The molecule has 1 aromatic heterocycles. The Bertz CT molecular complexity index is 1060. The highest BCUT2D eigenvalue weighted by Gasteiger charge is 2.21. The van der Waals surface area contributed by atoms with E-state index in [9.17, 15) is 4.79 Å². The number of aromatic nitrogens is 3. The molecule has 1 fully saturated rings. The molecule has 0 saturated heterocycles. The average Bonchev–Trinajstić information content (AvgIpc) is 3.27. The van der Waals surface area contributed by atoms with Gasteiger partial charge in [0.15, 0.2) is 5.82 Å². The Balaban J connectivity index is 1.55. The molecule has 0 atom stereocenters. The van der Waals surface area contributed by atoms with Crippen LogP contribution in [-0.2, 0) is 9.53 Å². The van der Waals surface area contributed by atoms with E-state index < -0.39 is 0 Å². The van der Waals surface area contributed by atoms with E-state index in [1.165, 1.54) is 6.42 Å². The fraction of sp³-hybridized carbons (Fsp3) is 0.423. The lowest BCUT2D eigenvalue weighted by Crippen LogP contribution is -2.24. The first-order valence-corrected chi connectivity index (χ1v) is 11.8. The van der Waals surface area contributed by atoms with Crippen molar-refractivity contribution in [1.29, 1.82) is 0 Å². The third kappa shape index (κ3) is 5.79. The number of hydrogen-bond acceptors (Lipinski definition) is 5. The molecule has 4 rings (SSSR count). The average molecular weight is 449 g/mol. The molecule has 1 N–H and O–H groups in total. The zero-order valence-corrected chi connectivity index (χ0v) is 19.4. The van der Waals surface area contributed by atoms with Gasteiger partial charge in [-0.25, -0.2) is 4.68 Å². The number of ether oxygens (including phenoxy) is 2. The highest BCUT2D eigenvalue weighted by molar-refractivity contribution is 5.92. The third-order valence-corrected chi connectivity index (χ3v) is 5.99. The van der Waals surface area contributed by atoms with E-state index >= 15 is 0 Å². The van der Waals surface area contributed by atoms with Gasteiger partial charge in [-0.3, -0.25) is 4.79 Å². The van der Waals surface area contributed by atoms with E-state index in [0.29, 0.717) is 31.7 Å². The predicted molar refractivity (Wildman–Crippen MR) is 129 cm³/mol. The van der Waals surface area contributed by atoms with E-state index in [1.54, 1.807) is 4.68 Å². The van der Waals surface area contributed by atoms with Gasteiger partial charge in [-0.05, 0) is 56.5 Å².